The standard InChI is InChI=1S/C16H20FN3O2/c1-3-10(2)14(18)16-20-13(9-22-16)15(21)19-8-11-4-6-12(17)7-5-11/h4-7,9-10,14H,3,8,18H2,1-2H3,(H,19,21). The van der Waals surface area contributed by atoms with Crippen molar-refractivity contribution in [3.8, 4) is 0 Å². The van der Waals surface area contributed by atoms with Crippen molar-refractivity contribution in [3.63, 3.8) is 0 Å². The summed E-state index contributed by atoms with van der Waals surface area (Å²) in [5.41, 5.74) is 7.01. The van der Waals surface area contributed by atoms with Crippen LogP contribution in [0.4, 0.5) is 4.39 Å². The molecule has 2 atom stereocenters. The van der Waals surface area contributed by atoms with E-state index in [0.29, 0.717) is 12.4 Å². The van der Waals surface area contributed by atoms with Gasteiger partial charge in [0.2, 0.25) is 5.89 Å². The molecule has 0 fully saturated rings. The molecule has 0 aliphatic heterocycles. The molecule has 5 nitrogen and oxygen atoms in total. The van der Waals surface area contributed by atoms with Crippen LogP contribution >= 0.6 is 0 Å². The van der Waals surface area contributed by atoms with Gasteiger partial charge in [0.15, 0.2) is 5.69 Å². The highest BCUT2D eigenvalue weighted by atomic mass is 19.1. The maximum Gasteiger partial charge on any atom is 0.273 e. The van der Waals surface area contributed by atoms with Crippen molar-refractivity contribution in [3.05, 3.63) is 53.5 Å². The number of carbonyl (C=O) groups is 1. The molecule has 1 aromatic heterocycles. The SMILES string of the molecule is CCC(C)C(N)c1nc(C(=O)NCc2ccc(F)cc2)co1. The molecule has 2 aromatic rings. The van der Waals surface area contributed by atoms with Gasteiger partial charge in [-0.05, 0) is 23.6 Å². The van der Waals surface area contributed by atoms with E-state index in [2.05, 4.69) is 10.3 Å². The Morgan fingerprint density at radius 3 is 2.73 bits per heavy atom. The van der Waals surface area contributed by atoms with Crippen molar-refractivity contribution >= 4 is 5.91 Å². The molecule has 1 aromatic carbocycles. The highest BCUT2D eigenvalue weighted by molar-refractivity contribution is 5.91. The number of aromatic nitrogens is 1. The average Bonchev–Trinajstić information content (AvgIpc) is 3.02. The number of amides is 1. The molecule has 1 heterocycles. The van der Waals surface area contributed by atoms with Gasteiger partial charge in [-0.3, -0.25) is 4.79 Å². The van der Waals surface area contributed by atoms with Crippen LogP contribution in [0.25, 0.3) is 0 Å². The highest BCUT2D eigenvalue weighted by Gasteiger charge is 2.20. The minimum Gasteiger partial charge on any atom is -0.446 e. The van der Waals surface area contributed by atoms with Crippen LogP contribution in [0.15, 0.2) is 34.9 Å². The Balaban J connectivity index is 1.95. The first kappa shape index (κ1) is 16.2. The Morgan fingerprint density at radius 1 is 1.41 bits per heavy atom. The van der Waals surface area contributed by atoms with Crippen molar-refractivity contribution in [2.45, 2.75) is 32.9 Å². The summed E-state index contributed by atoms with van der Waals surface area (Å²) in [6.45, 7) is 4.33. The fourth-order valence-electron chi connectivity index (χ4n) is 1.92. The second-order valence-electron chi connectivity index (χ2n) is 5.29. The van der Waals surface area contributed by atoms with Crippen LogP contribution in [0, 0.1) is 11.7 Å². The van der Waals surface area contributed by atoms with Gasteiger partial charge in [-0.25, -0.2) is 9.37 Å². The number of oxazole rings is 1. The quantitative estimate of drug-likeness (QED) is 0.860. The fraction of sp³-hybridized carbons (Fsp3) is 0.375. The van der Waals surface area contributed by atoms with Crippen molar-refractivity contribution in [2.24, 2.45) is 11.7 Å². The van der Waals surface area contributed by atoms with Crippen LogP contribution < -0.4 is 11.1 Å². The number of halogens is 1. The summed E-state index contributed by atoms with van der Waals surface area (Å²) in [5.74, 6) is -0.0824. The number of hydrogen-bond donors (Lipinski definition) is 2. The number of benzene rings is 1. The van der Waals surface area contributed by atoms with Crippen molar-refractivity contribution in [1.29, 1.82) is 0 Å². The molecular weight excluding hydrogens is 285 g/mol. The van der Waals surface area contributed by atoms with E-state index >= 15 is 0 Å². The molecule has 2 rings (SSSR count). The summed E-state index contributed by atoms with van der Waals surface area (Å²) < 4.78 is 18.1. The van der Waals surface area contributed by atoms with E-state index in [-0.39, 0.29) is 29.4 Å². The minimum atomic E-state index is -0.351. The first-order chi connectivity index (χ1) is 10.5. The van der Waals surface area contributed by atoms with Gasteiger partial charge >= 0.3 is 0 Å². The molecule has 118 valence electrons. The van der Waals surface area contributed by atoms with Gasteiger partial charge in [-0.15, -0.1) is 0 Å². The highest BCUT2D eigenvalue weighted by Crippen LogP contribution is 2.21. The topological polar surface area (TPSA) is 81.1 Å². The lowest BCUT2D eigenvalue weighted by molar-refractivity contribution is 0.0946. The van der Waals surface area contributed by atoms with Gasteiger partial charge < -0.3 is 15.5 Å². The van der Waals surface area contributed by atoms with E-state index in [1.807, 2.05) is 13.8 Å². The van der Waals surface area contributed by atoms with E-state index in [9.17, 15) is 9.18 Å². The molecule has 0 saturated heterocycles. The van der Waals surface area contributed by atoms with Crippen molar-refractivity contribution in [1.82, 2.24) is 10.3 Å². The predicted octanol–water partition coefficient (Wildman–Crippen LogP) is 2.79. The first-order valence-electron chi connectivity index (χ1n) is 7.25. The molecule has 3 N–H and O–H groups in total. The molecule has 0 aliphatic carbocycles. The van der Waals surface area contributed by atoms with Crippen molar-refractivity contribution < 1.29 is 13.6 Å². The number of carbonyl (C=O) groups excluding carboxylic acids is 1. The average molecular weight is 305 g/mol. The Kier molecular flexibility index (Phi) is 5.27. The summed E-state index contributed by atoms with van der Waals surface area (Å²) in [5, 5.41) is 2.71. The maximum atomic E-state index is 12.8. The summed E-state index contributed by atoms with van der Waals surface area (Å²) in [6, 6.07) is 5.59. The second kappa shape index (κ2) is 7.17. The van der Waals surface area contributed by atoms with Gasteiger partial charge in [0, 0.05) is 6.54 Å². The third-order valence-corrected chi connectivity index (χ3v) is 3.66. The zero-order valence-corrected chi connectivity index (χ0v) is 12.7. The van der Waals surface area contributed by atoms with E-state index in [4.69, 9.17) is 10.2 Å². The number of nitrogens with two attached hydrogens (primary N) is 1. The first-order valence-corrected chi connectivity index (χ1v) is 7.25. The van der Waals surface area contributed by atoms with Crippen LogP contribution in [0.3, 0.4) is 0 Å². The smallest absolute Gasteiger partial charge is 0.273 e. The van der Waals surface area contributed by atoms with Gasteiger partial charge in [-0.1, -0.05) is 32.4 Å². The van der Waals surface area contributed by atoms with E-state index in [1.54, 1.807) is 12.1 Å². The fourth-order valence-corrected chi connectivity index (χ4v) is 1.92. The summed E-state index contributed by atoms with van der Waals surface area (Å²) in [7, 11) is 0. The molecule has 0 radical (unpaired) electrons. The maximum absolute atomic E-state index is 12.8. The van der Waals surface area contributed by atoms with Crippen LogP contribution in [0.5, 0.6) is 0 Å². The van der Waals surface area contributed by atoms with E-state index in [0.717, 1.165) is 12.0 Å². The molecule has 0 aliphatic rings. The van der Waals surface area contributed by atoms with Gasteiger partial charge in [0.05, 0.1) is 6.04 Å². The molecule has 0 spiro atoms. The van der Waals surface area contributed by atoms with Gasteiger partial charge in [-0.2, -0.15) is 0 Å². The molecular formula is C16H20FN3O2. The van der Waals surface area contributed by atoms with E-state index in [1.165, 1.54) is 18.4 Å². The van der Waals surface area contributed by atoms with Gasteiger partial charge in [0.1, 0.15) is 12.1 Å². The summed E-state index contributed by atoms with van der Waals surface area (Å²) >= 11 is 0. The molecule has 0 saturated carbocycles. The molecule has 0 bridgehead atoms. The zero-order chi connectivity index (χ0) is 16.1. The largest absolute Gasteiger partial charge is 0.446 e. The number of nitrogens with one attached hydrogen (secondary N) is 1. The summed E-state index contributed by atoms with van der Waals surface area (Å²) in [6.07, 6.45) is 2.20. The molecule has 22 heavy (non-hydrogen) atoms. The molecule has 6 heteroatoms. The Hall–Kier alpha value is -2.21. The number of nitrogens with zero attached hydrogens (tertiary/aromatic N) is 1. The Bertz CT molecular complexity index is 625. The minimum absolute atomic E-state index is 0.191. The number of hydrogen-bond acceptors (Lipinski definition) is 4. The normalized spacial score (nSPS) is 13.6. The number of rotatable bonds is 6. The van der Waals surface area contributed by atoms with Crippen LogP contribution in [-0.2, 0) is 6.54 Å². The Labute approximate surface area is 128 Å². The summed E-state index contributed by atoms with van der Waals surface area (Å²) in [4.78, 5) is 16.2. The monoisotopic (exact) mass is 305 g/mol. The third kappa shape index (κ3) is 3.92. The molecule has 1 amide bonds. The second-order valence-corrected chi connectivity index (χ2v) is 5.29. The van der Waals surface area contributed by atoms with Crippen LogP contribution in [0.1, 0.15) is 48.3 Å². The zero-order valence-electron chi connectivity index (χ0n) is 12.7. The van der Waals surface area contributed by atoms with E-state index < -0.39 is 0 Å². The van der Waals surface area contributed by atoms with Gasteiger partial charge in [0.25, 0.3) is 5.91 Å². The lowest BCUT2D eigenvalue weighted by Gasteiger charge is -2.13. The van der Waals surface area contributed by atoms with Crippen LogP contribution in [0.2, 0.25) is 0 Å². The third-order valence-electron chi connectivity index (χ3n) is 3.66. The van der Waals surface area contributed by atoms with Crippen molar-refractivity contribution in [2.75, 3.05) is 0 Å². The predicted molar refractivity (Wildman–Crippen MR) is 80.5 cm³/mol. The van der Waals surface area contributed by atoms with Crippen LogP contribution in [-0.4, -0.2) is 10.9 Å². The Morgan fingerprint density at radius 2 is 2.09 bits per heavy atom. The lowest BCUT2D eigenvalue weighted by Crippen LogP contribution is -2.24. The lowest BCUT2D eigenvalue weighted by atomic mass is 10.0. The molecule has 2 unspecified atom stereocenters.